The molecule has 0 fully saturated rings. The van der Waals surface area contributed by atoms with Crippen LogP contribution in [-0.2, 0) is 20.6 Å². The first-order valence-corrected chi connectivity index (χ1v) is 6.65. The standard InChI is InChI=1S/C14H16ClN3O3/c1-17-10(7-13(19)18(2)14(17)20)8-16-11-6-9(15)4-5-12(11)21-3/h4-7,16H,8H2,1-3H3. The lowest BCUT2D eigenvalue weighted by atomic mass is 10.2. The fourth-order valence-electron chi connectivity index (χ4n) is 1.95. The molecule has 1 heterocycles. The summed E-state index contributed by atoms with van der Waals surface area (Å²) in [5.74, 6) is 0.633. The molecule has 0 amide bonds. The van der Waals surface area contributed by atoms with E-state index in [0.29, 0.717) is 28.7 Å². The Bertz CT molecular complexity index is 780. The highest BCUT2D eigenvalue weighted by Gasteiger charge is 2.08. The molecule has 0 saturated carbocycles. The molecule has 0 aliphatic heterocycles. The Labute approximate surface area is 126 Å². The lowest BCUT2D eigenvalue weighted by molar-refractivity contribution is 0.416. The van der Waals surface area contributed by atoms with Crippen LogP contribution in [0.4, 0.5) is 5.69 Å². The van der Waals surface area contributed by atoms with Crippen LogP contribution in [0.5, 0.6) is 5.75 Å². The second-order valence-corrected chi connectivity index (χ2v) is 5.01. The Morgan fingerprint density at radius 1 is 1.19 bits per heavy atom. The summed E-state index contributed by atoms with van der Waals surface area (Å²) < 4.78 is 7.71. The van der Waals surface area contributed by atoms with Crippen LogP contribution < -0.4 is 21.3 Å². The summed E-state index contributed by atoms with van der Waals surface area (Å²) in [7, 11) is 4.62. The van der Waals surface area contributed by atoms with Gasteiger partial charge in [0.05, 0.1) is 19.3 Å². The van der Waals surface area contributed by atoms with Crippen molar-refractivity contribution in [3.63, 3.8) is 0 Å². The molecule has 2 rings (SSSR count). The molecule has 1 N–H and O–H groups in total. The highest BCUT2D eigenvalue weighted by atomic mass is 35.5. The minimum atomic E-state index is -0.364. The van der Waals surface area contributed by atoms with Crippen LogP contribution >= 0.6 is 11.6 Å². The van der Waals surface area contributed by atoms with Gasteiger partial charge in [-0.2, -0.15) is 0 Å². The van der Waals surface area contributed by atoms with Crippen molar-refractivity contribution in [2.24, 2.45) is 14.1 Å². The van der Waals surface area contributed by atoms with Gasteiger partial charge in [0.1, 0.15) is 5.75 Å². The van der Waals surface area contributed by atoms with Crippen molar-refractivity contribution in [3.8, 4) is 5.75 Å². The first-order chi connectivity index (χ1) is 9.93. The maximum absolute atomic E-state index is 11.9. The van der Waals surface area contributed by atoms with Gasteiger partial charge in [-0.25, -0.2) is 4.79 Å². The normalized spacial score (nSPS) is 10.5. The van der Waals surface area contributed by atoms with E-state index in [1.165, 1.54) is 17.7 Å². The largest absolute Gasteiger partial charge is 0.495 e. The van der Waals surface area contributed by atoms with Crippen LogP contribution in [0, 0.1) is 0 Å². The average Bonchev–Trinajstić information content (AvgIpc) is 2.47. The Kier molecular flexibility index (Phi) is 4.37. The molecule has 2 aromatic rings. The summed E-state index contributed by atoms with van der Waals surface area (Å²) in [6.07, 6.45) is 0. The maximum atomic E-state index is 11.9. The van der Waals surface area contributed by atoms with E-state index < -0.39 is 0 Å². The number of halogens is 1. The van der Waals surface area contributed by atoms with E-state index in [1.807, 2.05) is 0 Å². The zero-order chi connectivity index (χ0) is 15.6. The van der Waals surface area contributed by atoms with Crippen LogP contribution in [0.15, 0.2) is 33.9 Å². The van der Waals surface area contributed by atoms with Gasteiger partial charge in [0, 0.05) is 30.9 Å². The number of rotatable bonds is 4. The van der Waals surface area contributed by atoms with Gasteiger partial charge in [0.2, 0.25) is 0 Å². The highest BCUT2D eigenvalue weighted by molar-refractivity contribution is 6.30. The minimum Gasteiger partial charge on any atom is -0.495 e. The topological polar surface area (TPSA) is 65.3 Å². The first kappa shape index (κ1) is 15.2. The van der Waals surface area contributed by atoms with E-state index in [-0.39, 0.29) is 11.2 Å². The van der Waals surface area contributed by atoms with Gasteiger partial charge in [-0.15, -0.1) is 0 Å². The Morgan fingerprint density at radius 3 is 2.57 bits per heavy atom. The van der Waals surface area contributed by atoms with E-state index >= 15 is 0 Å². The zero-order valence-electron chi connectivity index (χ0n) is 12.0. The lowest BCUT2D eigenvalue weighted by Crippen LogP contribution is -2.38. The van der Waals surface area contributed by atoms with Gasteiger partial charge in [-0.3, -0.25) is 13.9 Å². The zero-order valence-corrected chi connectivity index (χ0v) is 12.8. The van der Waals surface area contributed by atoms with E-state index in [9.17, 15) is 9.59 Å². The number of hydrogen-bond acceptors (Lipinski definition) is 4. The van der Waals surface area contributed by atoms with Gasteiger partial charge in [-0.1, -0.05) is 11.6 Å². The SMILES string of the molecule is COc1ccc(Cl)cc1NCc1cc(=O)n(C)c(=O)n1C. The van der Waals surface area contributed by atoms with Gasteiger partial charge < -0.3 is 10.1 Å². The molecule has 0 radical (unpaired) electrons. The van der Waals surface area contributed by atoms with Gasteiger partial charge in [0.15, 0.2) is 0 Å². The third kappa shape index (κ3) is 3.11. The van der Waals surface area contributed by atoms with E-state index in [2.05, 4.69) is 5.32 Å². The first-order valence-electron chi connectivity index (χ1n) is 6.27. The Morgan fingerprint density at radius 2 is 1.90 bits per heavy atom. The summed E-state index contributed by atoms with van der Waals surface area (Å²) in [4.78, 5) is 23.5. The predicted octanol–water partition coefficient (Wildman–Crippen LogP) is 1.36. The fraction of sp³-hybridized carbons (Fsp3) is 0.286. The summed E-state index contributed by atoms with van der Waals surface area (Å²) in [6, 6.07) is 6.61. The third-order valence-electron chi connectivity index (χ3n) is 3.25. The molecule has 1 aromatic carbocycles. The number of benzene rings is 1. The Hall–Kier alpha value is -2.21. The van der Waals surface area contributed by atoms with Crippen LogP contribution in [0.3, 0.4) is 0 Å². The van der Waals surface area contributed by atoms with Crippen molar-refractivity contribution < 1.29 is 4.74 Å². The number of aromatic nitrogens is 2. The number of nitrogens with zero attached hydrogens (tertiary/aromatic N) is 2. The number of hydrogen-bond donors (Lipinski definition) is 1. The molecule has 1 aromatic heterocycles. The summed E-state index contributed by atoms with van der Waals surface area (Å²) >= 11 is 5.95. The molecule has 0 bridgehead atoms. The van der Waals surface area contributed by atoms with Crippen LogP contribution in [0.2, 0.25) is 5.02 Å². The van der Waals surface area contributed by atoms with Gasteiger partial charge in [0.25, 0.3) is 5.56 Å². The molecule has 7 heteroatoms. The van der Waals surface area contributed by atoms with Crippen molar-refractivity contribution in [2.75, 3.05) is 12.4 Å². The monoisotopic (exact) mass is 309 g/mol. The van der Waals surface area contributed by atoms with Gasteiger partial charge in [-0.05, 0) is 18.2 Å². The lowest BCUT2D eigenvalue weighted by Gasteiger charge is -2.14. The predicted molar refractivity (Wildman–Crippen MR) is 82.3 cm³/mol. The number of methoxy groups -OCH3 is 1. The fourth-order valence-corrected chi connectivity index (χ4v) is 2.12. The van der Waals surface area contributed by atoms with Crippen LogP contribution in [0.1, 0.15) is 5.69 Å². The quantitative estimate of drug-likeness (QED) is 0.926. The third-order valence-corrected chi connectivity index (χ3v) is 3.48. The molecule has 0 aliphatic carbocycles. The van der Waals surface area contributed by atoms with Crippen molar-refractivity contribution in [3.05, 3.63) is 55.8 Å². The smallest absolute Gasteiger partial charge is 0.330 e. The molecule has 0 spiro atoms. The van der Waals surface area contributed by atoms with Crippen molar-refractivity contribution in [1.29, 1.82) is 0 Å². The van der Waals surface area contributed by atoms with E-state index in [4.69, 9.17) is 16.3 Å². The minimum absolute atomic E-state index is 0.304. The second kappa shape index (κ2) is 6.05. The maximum Gasteiger partial charge on any atom is 0.330 e. The van der Waals surface area contributed by atoms with Gasteiger partial charge >= 0.3 is 5.69 Å². The van der Waals surface area contributed by atoms with Crippen molar-refractivity contribution >= 4 is 17.3 Å². The Balaban J connectivity index is 2.31. The molecule has 0 saturated heterocycles. The molecule has 6 nitrogen and oxygen atoms in total. The molecule has 21 heavy (non-hydrogen) atoms. The van der Waals surface area contributed by atoms with Crippen molar-refractivity contribution in [1.82, 2.24) is 9.13 Å². The second-order valence-electron chi connectivity index (χ2n) is 4.57. The summed E-state index contributed by atoms with van der Waals surface area (Å²) in [6.45, 7) is 0.304. The van der Waals surface area contributed by atoms with E-state index in [1.54, 1.807) is 32.4 Å². The average molecular weight is 310 g/mol. The van der Waals surface area contributed by atoms with Crippen molar-refractivity contribution in [2.45, 2.75) is 6.54 Å². The molecular formula is C14H16ClN3O3. The van der Waals surface area contributed by atoms with E-state index in [0.717, 1.165) is 4.57 Å². The highest BCUT2D eigenvalue weighted by Crippen LogP contribution is 2.27. The number of nitrogens with one attached hydrogen (secondary N) is 1. The summed E-state index contributed by atoms with van der Waals surface area (Å²) in [5.41, 5.74) is 0.563. The van der Waals surface area contributed by atoms with Crippen LogP contribution in [-0.4, -0.2) is 16.2 Å². The molecule has 112 valence electrons. The number of ether oxygens (including phenoxy) is 1. The molecule has 0 atom stereocenters. The number of anilines is 1. The molecule has 0 aliphatic rings. The molecule has 0 unspecified atom stereocenters. The summed E-state index contributed by atoms with van der Waals surface area (Å²) in [5, 5.41) is 3.68. The van der Waals surface area contributed by atoms with Crippen LogP contribution in [0.25, 0.3) is 0 Å². The molecular weight excluding hydrogens is 294 g/mol.